The van der Waals surface area contributed by atoms with Crippen LogP contribution in [0.3, 0.4) is 0 Å². The van der Waals surface area contributed by atoms with Gasteiger partial charge in [0, 0.05) is 6.54 Å². The molecule has 0 aromatic rings. The molecular formula is C22H44N6O11. The predicted octanol–water partition coefficient (Wildman–Crippen LogP) is -7.43. The van der Waals surface area contributed by atoms with Gasteiger partial charge in [0.15, 0.2) is 12.6 Å². The van der Waals surface area contributed by atoms with Crippen LogP contribution in [0.25, 0.3) is 0 Å². The van der Waals surface area contributed by atoms with Crippen molar-refractivity contribution in [3.63, 3.8) is 0 Å². The van der Waals surface area contributed by atoms with Crippen molar-refractivity contribution in [2.24, 2.45) is 28.7 Å². The fourth-order valence-electron chi connectivity index (χ4n) is 5.03. The van der Waals surface area contributed by atoms with Gasteiger partial charge in [0.1, 0.15) is 42.7 Å². The molecule has 2 saturated heterocycles. The maximum absolute atomic E-state index is 12.6. The van der Waals surface area contributed by atoms with E-state index in [2.05, 4.69) is 5.32 Å². The number of rotatable bonds is 10. The molecular weight excluding hydrogens is 524 g/mol. The normalized spacial score (nSPS) is 46.0. The van der Waals surface area contributed by atoms with Crippen LogP contribution in [0.1, 0.15) is 19.3 Å². The van der Waals surface area contributed by atoms with Gasteiger partial charge in [-0.2, -0.15) is 0 Å². The zero-order valence-electron chi connectivity index (χ0n) is 21.5. The summed E-state index contributed by atoms with van der Waals surface area (Å²) < 4.78 is 23.0. The Balaban J connectivity index is 1.88. The van der Waals surface area contributed by atoms with Crippen molar-refractivity contribution in [2.45, 2.75) is 111 Å². The molecule has 228 valence electrons. The Labute approximate surface area is 225 Å². The summed E-state index contributed by atoms with van der Waals surface area (Å²) in [5.74, 6) is -0.925. The van der Waals surface area contributed by atoms with Crippen LogP contribution in [0.15, 0.2) is 0 Å². The van der Waals surface area contributed by atoms with E-state index in [1.165, 1.54) is 0 Å². The van der Waals surface area contributed by atoms with Gasteiger partial charge < -0.3 is 83.6 Å². The Hall–Kier alpha value is -1.13. The van der Waals surface area contributed by atoms with E-state index in [-0.39, 0.29) is 25.6 Å². The highest BCUT2D eigenvalue weighted by atomic mass is 16.7. The highest BCUT2D eigenvalue weighted by Crippen LogP contribution is 2.31. The lowest BCUT2D eigenvalue weighted by Gasteiger charge is -2.50. The first kappa shape index (κ1) is 32.4. The third-order valence-corrected chi connectivity index (χ3v) is 7.50. The number of hydrogen-bond acceptors (Lipinski definition) is 16. The van der Waals surface area contributed by atoms with Crippen molar-refractivity contribution >= 4 is 5.91 Å². The zero-order chi connectivity index (χ0) is 29.0. The average Bonchev–Trinajstić information content (AvgIpc) is 2.92. The molecule has 1 saturated carbocycles. The van der Waals surface area contributed by atoms with Gasteiger partial charge in [-0.05, 0) is 25.8 Å². The highest BCUT2D eigenvalue weighted by Gasteiger charge is 2.54. The molecule has 0 aromatic carbocycles. The number of nitrogens with two attached hydrogens (primary N) is 5. The predicted molar refractivity (Wildman–Crippen MR) is 132 cm³/mol. The van der Waals surface area contributed by atoms with Crippen molar-refractivity contribution in [3.8, 4) is 0 Å². The zero-order valence-corrected chi connectivity index (χ0v) is 21.5. The van der Waals surface area contributed by atoms with Gasteiger partial charge in [-0.15, -0.1) is 0 Å². The molecule has 1 amide bonds. The maximum atomic E-state index is 12.6. The van der Waals surface area contributed by atoms with E-state index >= 15 is 0 Å². The quantitative estimate of drug-likeness (QED) is 0.116. The first-order valence-corrected chi connectivity index (χ1v) is 13.0. The molecule has 2 aliphatic heterocycles. The van der Waals surface area contributed by atoms with Crippen LogP contribution in [0.2, 0.25) is 0 Å². The van der Waals surface area contributed by atoms with Gasteiger partial charge in [-0.25, -0.2) is 0 Å². The lowest BCUT2D eigenvalue weighted by molar-refractivity contribution is -0.319. The van der Waals surface area contributed by atoms with Crippen LogP contribution in [-0.4, -0.2) is 148 Å². The van der Waals surface area contributed by atoms with Crippen molar-refractivity contribution in [3.05, 3.63) is 0 Å². The number of carbonyl (C=O) groups is 1. The molecule has 0 bridgehead atoms. The van der Waals surface area contributed by atoms with Gasteiger partial charge in [-0.1, -0.05) is 0 Å². The molecule has 3 aliphatic rings. The number of nitrogens with one attached hydrogen (secondary N) is 1. The summed E-state index contributed by atoms with van der Waals surface area (Å²) in [5.41, 5.74) is 29.4. The number of hydrogen-bond donors (Lipinski definition) is 12. The van der Waals surface area contributed by atoms with Gasteiger partial charge in [0.2, 0.25) is 5.91 Å². The Morgan fingerprint density at radius 1 is 0.897 bits per heavy atom. The summed E-state index contributed by atoms with van der Waals surface area (Å²) in [5, 5.41) is 65.3. The van der Waals surface area contributed by atoms with Gasteiger partial charge in [0.05, 0.1) is 43.0 Å². The van der Waals surface area contributed by atoms with Crippen molar-refractivity contribution in [1.82, 2.24) is 5.32 Å². The van der Waals surface area contributed by atoms with Gasteiger partial charge in [0.25, 0.3) is 0 Å². The number of aliphatic hydroxyl groups excluding tert-OH is 6. The molecule has 0 aromatic heterocycles. The minimum absolute atomic E-state index is 0.00387. The molecule has 17 N–H and O–H groups in total. The Bertz CT molecular complexity index is 787. The second-order valence-corrected chi connectivity index (χ2v) is 10.3. The number of amides is 1. The Morgan fingerprint density at radius 3 is 2.18 bits per heavy atom. The molecule has 2 heterocycles. The van der Waals surface area contributed by atoms with Crippen molar-refractivity contribution < 1.29 is 54.4 Å². The largest absolute Gasteiger partial charge is 0.394 e. The lowest BCUT2D eigenvalue weighted by Crippen LogP contribution is -2.74. The van der Waals surface area contributed by atoms with Gasteiger partial charge in [-0.3, -0.25) is 4.79 Å². The lowest BCUT2D eigenvalue weighted by atomic mass is 9.81. The summed E-state index contributed by atoms with van der Waals surface area (Å²) in [6.45, 7) is -0.469. The Morgan fingerprint density at radius 2 is 1.56 bits per heavy atom. The molecule has 0 radical (unpaired) electrons. The van der Waals surface area contributed by atoms with Crippen LogP contribution in [0, 0.1) is 0 Å². The topological polar surface area (TPSA) is 318 Å². The third kappa shape index (κ3) is 7.21. The van der Waals surface area contributed by atoms with Gasteiger partial charge >= 0.3 is 0 Å². The standard InChI is InChI=1S/C22H44N6O11/c23-4-3-9(30)20(35)28-13-15(32)12(27)18(38-21-8(25)2-1-7(5-24)36-21)17(34)19(13)39-22-16(33)11(26)14(31)10(6-29)37-22/h7-19,21-22,29-34H,1-6,23-27H2,(H,28,35)/t7-,8?,9-,10?,11-,12-,13?,14-,15+,16?,17?,18?,19-,21+,22+/m0/s1. The minimum atomic E-state index is -1.68. The highest BCUT2D eigenvalue weighted by molar-refractivity contribution is 5.81. The van der Waals surface area contributed by atoms with Crippen LogP contribution in [0.4, 0.5) is 0 Å². The first-order valence-electron chi connectivity index (χ1n) is 13.0. The molecule has 17 nitrogen and oxygen atoms in total. The second kappa shape index (κ2) is 14.2. The third-order valence-electron chi connectivity index (χ3n) is 7.50. The first-order chi connectivity index (χ1) is 18.4. The minimum Gasteiger partial charge on any atom is -0.394 e. The van der Waals surface area contributed by atoms with E-state index in [0.29, 0.717) is 12.8 Å². The van der Waals surface area contributed by atoms with Crippen molar-refractivity contribution in [2.75, 3.05) is 19.7 Å². The summed E-state index contributed by atoms with van der Waals surface area (Å²) in [6.07, 6.45) is -14.1. The van der Waals surface area contributed by atoms with Crippen LogP contribution < -0.4 is 34.0 Å². The fourth-order valence-corrected chi connectivity index (χ4v) is 5.03. The molecule has 17 heteroatoms. The summed E-state index contributed by atoms with van der Waals surface area (Å²) in [4.78, 5) is 12.6. The molecule has 6 unspecified atom stereocenters. The smallest absolute Gasteiger partial charge is 0.249 e. The summed E-state index contributed by atoms with van der Waals surface area (Å²) >= 11 is 0. The van der Waals surface area contributed by atoms with E-state index in [4.69, 9.17) is 47.6 Å². The van der Waals surface area contributed by atoms with E-state index in [1.54, 1.807) is 0 Å². The summed E-state index contributed by atoms with van der Waals surface area (Å²) in [7, 11) is 0. The summed E-state index contributed by atoms with van der Waals surface area (Å²) in [6, 6.07) is -4.65. The fraction of sp³-hybridized carbons (Fsp3) is 0.955. The SMILES string of the molecule is NCC[C@H](O)C(=O)NC1[C@H](O[C@H]2OC(CO)[C@H](O)[C@H](N)C2O)C(O)C(O[C@H]2O[C@H](CN)CCC2N)[C@@H](N)[C@H]1O. The molecule has 3 fully saturated rings. The molecule has 0 spiro atoms. The molecule has 39 heavy (non-hydrogen) atoms. The maximum Gasteiger partial charge on any atom is 0.249 e. The Kier molecular flexibility index (Phi) is 11.8. The molecule has 1 aliphatic carbocycles. The number of ether oxygens (including phenoxy) is 4. The van der Waals surface area contributed by atoms with E-state index < -0.39 is 98.1 Å². The van der Waals surface area contributed by atoms with E-state index in [1.807, 2.05) is 0 Å². The van der Waals surface area contributed by atoms with E-state index in [0.717, 1.165) is 0 Å². The van der Waals surface area contributed by atoms with Crippen molar-refractivity contribution in [1.29, 1.82) is 0 Å². The molecule has 15 atom stereocenters. The number of aliphatic hydroxyl groups is 6. The van der Waals surface area contributed by atoms with E-state index in [9.17, 15) is 35.4 Å². The second-order valence-electron chi connectivity index (χ2n) is 10.3. The monoisotopic (exact) mass is 568 g/mol. The van der Waals surface area contributed by atoms with Crippen LogP contribution in [-0.2, 0) is 23.7 Å². The molecule has 3 rings (SSSR count). The van der Waals surface area contributed by atoms with Crippen LogP contribution in [0.5, 0.6) is 0 Å². The number of carbonyl (C=O) groups excluding carboxylic acids is 1. The average molecular weight is 569 g/mol. The van der Waals surface area contributed by atoms with Crippen LogP contribution >= 0.6 is 0 Å².